The van der Waals surface area contributed by atoms with Crippen LogP contribution in [0.4, 0.5) is 5.69 Å². The summed E-state index contributed by atoms with van der Waals surface area (Å²) < 4.78 is 4.98. The number of nitrogens with one attached hydrogen (secondary N) is 1. The highest BCUT2D eigenvalue weighted by Crippen LogP contribution is 2.24. The largest absolute Gasteiger partial charge is 0.361 e. The second kappa shape index (κ2) is 4.85. The highest BCUT2D eigenvalue weighted by atomic mass is 16.5. The highest BCUT2D eigenvalue weighted by molar-refractivity contribution is 6.07. The van der Waals surface area contributed by atoms with Crippen LogP contribution in [0.2, 0.25) is 0 Å². The van der Waals surface area contributed by atoms with Gasteiger partial charge in [0.1, 0.15) is 11.3 Å². The molecule has 0 spiro atoms. The van der Waals surface area contributed by atoms with Gasteiger partial charge in [0.2, 0.25) is 0 Å². The number of benzene rings is 1. The molecule has 0 fully saturated rings. The van der Waals surface area contributed by atoms with Gasteiger partial charge in [0, 0.05) is 25.3 Å². The van der Waals surface area contributed by atoms with E-state index in [-0.39, 0.29) is 5.91 Å². The van der Waals surface area contributed by atoms with Crippen molar-refractivity contribution in [2.45, 2.75) is 13.5 Å². The number of aryl methyl sites for hydroxylation is 1. The van der Waals surface area contributed by atoms with E-state index in [1.54, 1.807) is 11.8 Å². The lowest BCUT2D eigenvalue weighted by Gasteiger charge is -2.21. The second-order valence-corrected chi connectivity index (χ2v) is 4.56. The molecule has 98 valence electrons. The van der Waals surface area contributed by atoms with Crippen molar-refractivity contribution in [2.24, 2.45) is 0 Å². The van der Waals surface area contributed by atoms with E-state index in [1.807, 2.05) is 24.3 Å². The minimum Gasteiger partial charge on any atom is -0.361 e. The maximum atomic E-state index is 12.6. The number of anilines is 1. The van der Waals surface area contributed by atoms with Gasteiger partial charge in [0.25, 0.3) is 5.91 Å². The molecule has 3 rings (SSSR count). The van der Waals surface area contributed by atoms with E-state index in [0.717, 1.165) is 24.3 Å². The number of rotatable bonds is 1. The number of aromatic nitrogens is 1. The summed E-state index contributed by atoms with van der Waals surface area (Å²) in [5, 5.41) is 6.99. The summed E-state index contributed by atoms with van der Waals surface area (Å²) in [7, 11) is 0. The molecule has 1 amide bonds. The molecule has 0 radical (unpaired) electrons. The van der Waals surface area contributed by atoms with Gasteiger partial charge >= 0.3 is 0 Å². The number of hydrogen-bond acceptors (Lipinski definition) is 4. The van der Waals surface area contributed by atoms with Crippen LogP contribution in [0.5, 0.6) is 0 Å². The van der Waals surface area contributed by atoms with E-state index in [4.69, 9.17) is 4.52 Å². The van der Waals surface area contributed by atoms with E-state index >= 15 is 0 Å². The van der Waals surface area contributed by atoms with Crippen LogP contribution in [0.25, 0.3) is 0 Å². The molecule has 5 heteroatoms. The molecule has 0 saturated carbocycles. The molecule has 1 aromatic heterocycles. The Balaban J connectivity index is 2.01. The van der Waals surface area contributed by atoms with E-state index in [1.165, 1.54) is 6.20 Å². The number of para-hydroxylation sites is 1. The van der Waals surface area contributed by atoms with Crippen molar-refractivity contribution in [3.05, 3.63) is 47.3 Å². The highest BCUT2D eigenvalue weighted by Gasteiger charge is 2.24. The van der Waals surface area contributed by atoms with Crippen LogP contribution in [0.15, 0.2) is 35.0 Å². The van der Waals surface area contributed by atoms with Crippen LogP contribution < -0.4 is 10.2 Å². The van der Waals surface area contributed by atoms with E-state index < -0.39 is 0 Å². The maximum Gasteiger partial charge on any atom is 0.263 e. The van der Waals surface area contributed by atoms with Gasteiger partial charge in [-0.2, -0.15) is 0 Å². The lowest BCUT2D eigenvalue weighted by molar-refractivity contribution is 0.0986. The average Bonchev–Trinajstić information content (AvgIpc) is 2.74. The molecule has 0 bridgehead atoms. The molecule has 1 aliphatic rings. The molecular weight excluding hydrogens is 242 g/mol. The molecule has 0 saturated heterocycles. The zero-order chi connectivity index (χ0) is 13.2. The Kier molecular flexibility index (Phi) is 3.05. The van der Waals surface area contributed by atoms with Crippen molar-refractivity contribution >= 4 is 11.6 Å². The fourth-order valence-electron chi connectivity index (χ4n) is 2.32. The SMILES string of the molecule is Cc1oncc1C(=O)N1CCNCc2ccccc21. The van der Waals surface area contributed by atoms with Crippen LogP contribution in [-0.4, -0.2) is 24.2 Å². The van der Waals surface area contributed by atoms with Gasteiger partial charge in [0.05, 0.1) is 6.20 Å². The van der Waals surface area contributed by atoms with Crippen molar-refractivity contribution < 1.29 is 9.32 Å². The van der Waals surface area contributed by atoms with Crippen LogP contribution >= 0.6 is 0 Å². The molecular formula is C14H15N3O2. The lowest BCUT2D eigenvalue weighted by Crippen LogP contribution is -2.34. The molecule has 0 unspecified atom stereocenters. The quantitative estimate of drug-likeness (QED) is 0.845. The fraction of sp³-hybridized carbons (Fsp3) is 0.286. The van der Waals surface area contributed by atoms with Crippen LogP contribution in [0.3, 0.4) is 0 Å². The predicted octanol–water partition coefficient (Wildman–Crippen LogP) is 1.73. The minimum atomic E-state index is -0.0603. The third-order valence-corrected chi connectivity index (χ3v) is 3.34. The lowest BCUT2D eigenvalue weighted by atomic mass is 10.1. The Labute approximate surface area is 111 Å². The second-order valence-electron chi connectivity index (χ2n) is 4.56. The first kappa shape index (κ1) is 11.9. The zero-order valence-corrected chi connectivity index (χ0v) is 10.7. The third kappa shape index (κ3) is 2.13. The number of carbonyl (C=O) groups is 1. The summed E-state index contributed by atoms with van der Waals surface area (Å²) >= 11 is 0. The van der Waals surface area contributed by atoms with Gasteiger partial charge in [-0.05, 0) is 18.6 Å². The van der Waals surface area contributed by atoms with Crippen molar-refractivity contribution in [3.63, 3.8) is 0 Å². The fourth-order valence-corrected chi connectivity index (χ4v) is 2.32. The summed E-state index contributed by atoms with van der Waals surface area (Å²) in [5.74, 6) is 0.495. The number of amides is 1. The molecule has 0 atom stereocenters. The van der Waals surface area contributed by atoms with Gasteiger partial charge in [-0.15, -0.1) is 0 Å². The molecule has 2 heterocycles. The maximum absolute atomic E-state index is 12.6. The van der Waals surface area contributed by atoms with Gasteiger partial charge in [-0.1, -0.05) is 23.4 Å². The van der Waals surface area contributed by atoms with Crippen molar-refractivity contribution in [1.82, 2.24) is 10.5 Å². The first-order valence-electron chi connectivity index (χ1n) is 6.29. The number of nitrogens with zero attached hydrogens (tertiary/aromatic N) is 2. The van der Waals surface area contributed by atoms with Crippen LogP contribution in [0, 0.1) is 6.92 Å². The third-order valence-electron chi connectivity index (χ3n) is 3.34. The Morgan fingerprint density at radius 3 is 3.05 bits per heavy atom. The molecule has 1 aliphatic heterocycles. The van der Waals surface area contributed by atoms with Gasteiger partial charge in [-0.25, -0.2) is 0 Å². The Bertz CT molecular complexity index is 606. The van der Waals surface area contributed by atoms with Gasteiger partial charge in [0.15, 0.2) is 0 Å². The minimum absolute atomic E-state index is 0.0603. The standard InChI is InChI=1S/C14H15N3O2/c1-10-12(9-16-19-10)14(18)17-7-6-15-8-11-4-2-3-5-13(11)17/h2-5,9,15H,6-8H2,1H3. The zero-order valence-electron chi connectivity index (χ0n) is 10.7. The summed E-state index contributed by atoms with van der Waals surface area (Å²) in [5.41, 5.74) is 2.61. The summed E-state index contributed by atoms with van der Waals surface area (Å²) in [6.07, 6.45) is 1.48. The summed E-state index contributed by atoms with van der Waals surface area (Å²) in [4.78, 5) is 14.4. The molecule has 2 aromatic rings. The van der Waals surface area contributed by atoms with Crippen LogP contribution in [-0.2, 0) is 6.54 Å². The smallest absolute Gasteiger partial charge is 0.263 e. The topological polar surface area (TPSA) is 58.4 Å². The Hall–Kier alpha value is -2.14. The van der Waals surface area contributed by atoms with Crippen molar-refractivity contribution in [3.8, 4) is 0 Å². The molecule has 1 N–H and O–H groups in total. The molecule has 0 aliphatic carbocycles. The van der Waals surface area contributed by atoms with Gasteiger partial charge < -0.3 is 14.7 Å². The van der Waals surface area contributed by atoms with Crippen molar-refractivity contribution in [2.75, 3.05) is 18.0 Å². The normalized spacial score (nSPS) is 14.9. The first-order chi connectivity index (χ1) is 9.27. The van der Waals surface area contributed by atoms with E-state index in [2.05, 4.69) is 10.5 Å². The monoisotopic (exact) mass is 257 g/mol. The Morgan fingerprint density at radius 1 is 1.42 bits per heavy atom. The number of hydrogen-bond donors (Lipinski definition) is 1. The van der Waals surface area contributed by atoms with Gasteiger partial charge in [-0.3, -0.25) is 4.79 Å². The van der Waals surface area contributed by atoms with E-state index in [9.17, 15) is 4.79 Å². The summed E-state index contributed by atoms with van der Waals surface area (Å²) in [6.45, 7) is 3.94. The Morgan fingerprint density at radius 2 is 2.26 bits per heavy atom. The van der Waals surface area contributed by atoms with Crippen LogP contribution in [0.1, 0.15) is 21.7 Å². The number of fused-ring (bicyclic) bond motifs is 1. The molecule has 1 aromatic carbocycles. The predicted molar refractivity (Wildman–Crippen MR) is 71.1 cm³/mol. The molecule has 5 nitrogen and oxygen atoms in total. The van der Waals surface area contributed by atoms with E-state index in [0.29, 0.717) is 17.9 Å². The van der Waals surface area contributed by atoms with Crippen molar-refractivity contribution in [1.29, 1.82) is 0 Å². The summed E-state index contributed by atoms with van der Waals surface area (Å²) in [6, 6.07) is 7.95. The first-order valence-corrected chi connectivity index (χ1v) is 6.29. The average molecular weight is 257 g/mol. The number of carbonyl (C=O) groups excluding carboxylic acids is 1. The molecule has 19 heavy (non-hydrogen) atoms.